The van der Waals surface area contributed by atoms with Gasteiger partial charge in [-0.3, -0.25) is 9.59 Å². The van der Waals surface area contributed by atoms with E-state index in [1.54, 1.807) is 0 Å². The SMILES string of the molecule is CC(C)(C)c1ccc(CCC(=O)N(Cc2ccc(Br)cc2)[C@@H](Cc2ccccc2)C(=O)NC2CCCC2)cc1. The molecule has 0 spiro atoms. The molecule has 1 aliphatic rings. The number of amides is 2. The Hall–Kier alpha value is -2.92. The Morgan fingerprint density at radius 1 is 0.872 bits per heavy atom. The monoisotopic (exact) mass is 588 g/mol. The highest BCUT2D eigenvalue weighted by molar-refractivity contribution is 9.10. The zero-order chi connectivity index (χ0) is 27.8. The number of carbonyl (C=O) groups excluding carboxylic acids is 2. The van der Waals surface area contributed by atoms with Crippen molar-refractivity contribution >= 4 is 27.7 Å². The van der Waals surface area contributed by atoms with E-state index in [1.807, 2.05) is 59.5 Å². The van der Waals surface area contributed by atoms with E-state index in [1.165, 1.54) is 5.56 Å². The molecule has 1 saturated carbocycles. The number of carbonyl (C=O) groups is 2. The van der Waals surface area contributed by atoms with E-state index >= 15 is 0 Å². The molecule has 0 aliphatic heterocycles. The molecule has 0 radical (unpaired) electrons. The number of aryl methyl sites for hydroxylation is 1. The van der Waals surface area contributed by atoms with Crippen LogP contribution in [-0.4, -0.2) is 28.8 Å². The Bertz CT molecular complexity index is 1210. The molecule has 0 bridgehead atoms. The Balaban J connectivity index is 1.58. The van der Waals surface area contributed by atoms with Crippen LogP contribution >= 0.6 is 15.9 Å². The fourth-order valence-electron chi connectivity index (χ4n) is 5.27. The lowest BCUT2D eigenvalue weighted by molar-refractivity contribution is -0.141. The van der Waals surface area contributed by atoms with Crippen molar-refractivity contribution < 1.29 is 9.59 Å². The van der Waals surface area contributed by atoms with Crippen LogP contribution in [0.5, 0.6) is 0 Å². The fourth-order valence-corrected chi connectivity index (χ4v) is 5.54. The molecule has 5 heteroatoms. The molecule has 0 saturated heterocycles. The molecule has 3 aromatic carbocycles. The summed E-state index contributed by atoms with van der Waals surface area (Å²) in [6.07, 6.45) is 5.79. The van der Waals surface area contributed by atoms with Gasteiger partial charge in [0.15, 0.2) is 0 Å². The van der Waals surface area contributed by atoms with Crippen molar-refractivity contribution in [2.45, 2.75) is 89.8 Å². The Kier molecular flexibility index (Phi) is 10.0. The van der Waals surface area contributed by atoms with Crippen LogP contribution in [0.25, 0.3) is 0 Å². The van der Waals surface area contributed by atoms with Crippen molar-refractivity contribution in [1.29, 1.82) is 0 Å². The second kappa shape index (κ2) is 13.4. The first-order chi connectivity index (χ1) is 18.7. The topological polar surface area (TPSA) is 49.4 Å². The maximum atomic E-state index is 13.9. The largest absolute Gasteiger partial charge is 0.352 e. The van der Waals surface area contributed by atoms with Crippen LogP contribution in [0.1, 0.15) is 75.1 Å². The first-order valence-corrected chi connectivity index (χ1v) is 15.0. The van der Waals surface area contributed by atoms with E-state index in [0.29, 0.717) is 25.8 Å². The highest BCUT2D eigenvalue weighted by atomic mass is 79.9. The molecule has 1 fully saturated rings. The van der Waals surface area contributed by atoms with Crippen LogP contribution in [-0.2, 0) is 34.4 Å². The second-order valence-corrected chi connectivity index (χ2v) is 12.7. The Morgan fingerprint density at radius 2 is 1.49 bits per heavy atom. The van der Waals surface area contributed by atoms with Crippen molar-refractivity contribution in [1.82, 2.24) is 10.2 Å². The van der Waals surface area contributed by atoms with E-state index < -0.39 is 6.04 Å². The van der Waals surface area contributed by atoms with E-state index in [4.69, 9.17) is 0 Å². The Morgan fingerprint density at radius 3 is 2.10 bits per heavy atom. The van der Waals surface area contributed by atoms with Crippen molar-refractivity contribution in [2.24, 2.45) is 0 Å². The van der Waals surface area contributed by atoms with Crippen molar-refractivity contribution in [3.63, 3.8) is 0 Å². The zero-order valence-electron chi connectivity index (χ0n) is 23.5. The van der Waals surface area contributed by atoms with Gasteiger partial charge in [-0.05, 0) is 59.1 Å². The summed E-state index contributed by atoms with van der Waals surface area (Å²) < 4.78 is 0.989. The molecule has 3 aromatic rings. The number of hydrogen-bond acceptors (Lipinski definition) is 2. The van der Waals surface area contributed by atoms with E-state index in [0.717, 1.165) is 46.8 Å². The molecule has 39 heavy (non-hydrogen) atoms. The smallest absolute Gasteiger partial charge is 0.243 e. The molecule has 2 amide bonds. The predicted octanol–water partition coefficient (Wildman–Crippen LogP) is 7.38. The average molecular weight is 590 g/mol. The van der Waals surface area contributed by atoms with Crippen LogP contribution in [0.2, 0.25) is 0 Å². The van der Waals surface area contributed by atoms with Gasteiger partial charge in [0.1, 0.15) is 6.04 Å². The van der Waals surface area contributed by atoms with Crippen LogP contribution in [0.15, 0.2) is 83.3 Å². The van der Waals surface area contributed by atoms with Crippen LogP contribution in [0, 0.1) is 0 Å². The van der Waals surface area contributed by atoms with Gasteiger partial charge in [0.2, 0.25) is 11.8 Å². The molecule has 4 nitrogen and oxygen atoms in total. The minimum atomic E-state index is -0.576. The number of nitrogens with zero attached hydrogens (tertiary/aromatic N) is 1. The van der Waals surface area contributed by atoms with Crippen molar-refractivity contribution in [2.75, 3.05) is 0 Å². The molecule has 1 aliphatic carbocycles. The molecule has 206 valence electrons. The molecule has 0 heterocycles. The molecule has 0 aromatic heterocycles. The van der Waals surface area contributed by atoms with Crippen LogP contribution in [0.4, 0.5) is 0 Å². The standard InChI is InChI=1S/C34H41BrN2O2/c1-34(2,3)28-18-13-25(14-19-28)17-22-32(38)37(24-27-15-20-29(35)21-16-27)31(23-26-9-5-4-6-10-26)33(39)36-30-11-7-8-12-30/h4-6,9-10,13-16,18-21,30-31H,7-8,11-12,17,22-24H2,1-3H3,(H,36,39)/t31-/m0/s1. The van der Waals surface area contributed by atoms with Gasteiger partial charge in [0.25, 0.3) is 0 Å². The normalized spacial score (nSPS) is 14.7. The Labute approximate surface area is 242 Å². The first kappa shape index (κ1) is 29.1. The summed E-state index contributed by atoms with van der Waals surface area (Å²) in [5.74, 6) is -0.0499. The molecule has 1 atom stereocenters. The lowest BCUT2D eigenvalue weighted by atomic mass is 9.86. The van der Waals surface area contributed by atoms with Gasteiger partial charge >= 0.3 is 0 Å². The van der Waals surface area contributed by atoms with Gasteiger partial charge in [-0.1, -0.05) is 116 Å². The van der Waals surface area contributed by atoms with Crippen molar-refractivity contribution in [3.05, 3.63) is 106 Å². The summed E-state index contributed by atoms with van der Waals surface area (Å²) in [5.41, 5.74) is 4.56. The van der Waals surface area contributed by atoms with Gasteiger partial charge in [0.05, 0.1) is 0 Å². The summed E-state index contributed by atoms with van der Waals surface area (Å²) in [4.78, 5) is 29.5. The van der Waals surface area contributed by atoms with Crippen LogP contribution < -0.4 is 5.32 Å². The minimum absolute atomic E-state index is 0.000296. The molecular formula is C34H41BrN2O2. The van der Waals surface area contributed by atoms with Crippen molar-refractivity contribution in [3.8, 4) is 0 Å². The maximum Gasteiger partial charge on any atom is 0.243 e. The van der Waals surface area contributed by atoms with Gasteiger partial charge in [0, 0.05) is 29.9 Å². The van der Waals surface area contributed by atoms with E-state index in [9.17, 15) is 9.59 Å². The zero-order valence-corrected chi connectivity index (χ0v) is 25.0. The summed E-state index contributed by atoms with van der Waals surface area (Å²) >= 11 is 3.51. The lowest BCUT2D eigenvalue weighted by Gasteiger charge is -2.32. The molecule has 4 rings (SSSR count). The van der Waals surface area contributed by atoms with E-state index in [-0.39, 0.29) is 23.3 Å². The average Bonchev–Trinajstić information content (AvgIpc) is 3.43. The molecule has 1 N–H and O–H groups in total. The maximum absolute atomic E-state index is 13.9. The number of benzene rings is 3. The molecular weight excluding hydrogens is 548 g/mol. The third kappa shape index (κ3) is 8.53. The first-order valence-electron chi connectivity index (χ1n) is 14.2. The van der Waals surface area contributed by atoms with Gasteiger partial charge in [-0.15, -0.1) is 0 Å². The van der Waals surface area contributed by atoms with Crippen LogP contribution in [0.3, 0.4) is 0 Å². The third-order valence-corrected chi connectivity index (χ3v) is 8.21. The number of hydrogen-bond donors (Lipinski definition) is 1. The van der Waals surface area contributed by atoms with E-state index in [2.05, 4.69) is 66.3 Å². The quantitative estimate of drug-likeness (QED) is 0.268. The summed E-state index contributed by atoms with van der Waals surface area (Å²) in [5, 5.41) is 3.28. The van der Waals surface area contributed by atoms with Gasteiger partial charge < -0.3 is 10.2 Å². The second-order valence-electron chi connectivity index (χ2n) is 11.8. The number of rotatable bonds is 10. The fraction of sp³-hybridized carbons (Fsp3) is 0.412. The highest BCUT2D eigenvalue weighted by Crippen LogP contribution is 2.24. The summed E-state index contributed by atoms with van der Waals surface area (Å²) in [7, 11) is 0. The third-order valence-electron chi connectivity index (χ3n) is 7.69. The van der Waals surface area contributed by atoms with Gasteiger partial charge in [-0.2, -0.15) is 0 Å². The summed E-state index contributed by atoms with van der Waals surface area (Å²) in [6.45, 7) is 7.00. The lowest BCUT2D eigenvalue weighted by Crippen LogP contribution is -2.52. The summed E-state index contributed by atoms with van der Waals surface area (Å²) in [6, 6.07) is 26.2. The molecule has 0 unspecified atom stereocenters. The predicted molar refractivity (Wildman–Crippen MR) is 162 cm³/mol. The number of nitrogens with one attached hydrogen (secondary N) is 1. The highest BCUT2D eigenvalue weighted by Gasteiger charge is 2.32. The number of halogens is 1. The minimum Gasteiger partial charge on any atom is -0.352 e. The van der Waals surface area contributed by atoms with Gasteiger partial charge in [-0.25, -0.2) is 0 Å².